The predicted molar refractivity (Wildman–Crippen MR) is 89.9 cm³/mol. The van der Waals surface area contributed by atoms with Gasteiger partial charge in [0, 0.05) is 4.47 Å². The minimum Gasteiger partial charge on any atom is -0.282 e. The molecule has 2 rings (SSSR count). The predicted octanol–water partition coefficient (Wildman–Crippen LogP) is 2.62. The molecule has 0 fully saturated rings. The van der Waals surface area contributed by atoms with Crippen molar-refractivity contribution in [3.05, 3.63) is 53.0 Å². The molecule has 0 saturated carbocycles. The highest BCUT2D eigenvalue weighted by molar-refractivity contribution is 9.10. The fraction of sp³-hybridized carbons (Fsp3) is 0.0769. The molecule has 2 aromatic carbocycles. The van der Waals surface area contributed by atoms with Crippen LogP contribution in [-0.2, 0) is 20.0 Å². The van der Waals surface area contributed by atoms with E-state index in [0.717, 1.165) is 6.26 Å². The summed E-state index contributed by atoms with van der Waals surface area (Å²) in [7, 11) is -7.35. The van der Waals surface area contributed by atoms with Crippen molar-refractivity contribution in [1.29, 1.82) is 0 Å². The number of halogens is 1. The molecule has 0 aliphatic carbocycles. The van der Waals surface area contributed by atoms with Gasteiger partial charge in [0.1, 0.15) is 0 Å². The van der Waals surface area contributed by atoms with Gasteiger partial charge < -0.3 is 0 Å². The number of benzene rings is 2. The van der Waals surface area contributed by atoms with Crippen LogP contribution in [0.1, 0.15) is 0 Å². The smallest absolute Gasteiger partial charge is 0.262 e. The van der Waals surface area contributed by atoms with E-state index < -0.39 is 20.0 Å². The molecule has 2 aromatic rings. The molecule has 0 atom stereocenters. The zero-order valence-corrected chi connectivity index (χ0v) is 14.7. The Balaban J connectivity index is 2.38. The van der Waals surface area contributed by atoms with E-state index in [2.05, 4.69) is 25.4 Å². The van der Waals surface area contributed by atoms with Crippen molar-refractivity contribution < 1.29 is 16.8 Å². The second-order valence-corrected chi connectivity index (χ2v) is 8.83. The maximum Gasteiger partial charge on any atom is 0.262 e. The fourth-order valence-corrected chi connectivity index (χ4v) is 3.95. The first kappa shape index (κ1) is 16.8. The molecule has 9 heteroatoms. The number of hydrogen-bond acceptors (Lipinski definition) is 4. The lowest BCUT2D eigenvalue weighted by Crippen LogP contribution is -2.16. The zero-order valence-electron chi connectivity index (χ0n) is 11.4. The van der Waals surface area contributed by atoms with Crippen LogP contribution in [0, 0.1) is 0 Å². The molecule has 0 spiro atoms. The van der Waals surface area contributed by atoms with Crippen LogP contribution >= 0.6 is 15.9 Å². The third-order valence-electron chi connectivity index (χ3n) is 2.57. The molecular formula is C13H13BrN2O4S2. The molecular weight excluding hydrogens is 392 g/mol. The van der Waals surface area contributed by atoms with Gasteiger partial charge in [0.2, 0.25) is 10.0 Å². The van der Waals surface area contributed by atoms with E-state index in [9.17, 15) is 16.8 Å². The summed E-state index contributed by atoms with van der Waals surface area (Å²) in [5.41, 5.74) is 0.302. The van der Waals surface area contributed by atoms with Crippen LogP contribution in [0.2, 0.25) is 0 Å². The number of anilines is 2. The highest BCUT2D eigenvalue weighted by Gasteiger charge is 2.17. The van der Waals surface area contributed by atoms with Crippen LogP contribution in [0.3, 0.4) is 0 Å². The first-order valence-electron chi connectivity index (χ1n) is 6.02. The molecule has 0 amide bonds. The molecule has 0 bridgehead atoms. The Bertz CT molecular complexity index is 896. The largest absolute Gasteiger partial charge is 0.282 e. The van der Waals surface area contributed by atoms with Gasteiger partial charge in [0.15, 0.2) is 0 Å². The van der Waals surface area contributed by atoms with Crippen molar-refractivity contribution >= 4 is 47.4 Å². The molecule has 22 heavy (non-hydrogen) atoms. The lowest BCUT2D eigenvalue weighted by atomic mass is 10.3. The SMILES string of the molecule is CS(=O)(=O)Nc1ccccc1NS(=O)(=O)c1cccc(Br)c1. The van der Waals surface area contributed by atoms with Gasteiger partial charge in [0.05, 0.1) is 22.5 Å². The molecule has 0 aliphatic heterocycles. The second-order valence-electron chi connectivity index (χ2n) is 4.48. The summed E-state index contributed by atoms with van der Waals surface area (Å²) in [6.07, 6.45) is 0.993. The number of nitrogens with one attached hydrogen (secondary N) is 2. The Kier molecular flexibility index (Phi) is 4.78. The summed E-state index contributed by atoms with van der Waals surface area (Å²) < 4.78 is 52.7. The first-order valence-corrected chi connectivity index (χ1v) is 10.2. The minimum atomic E-state index is -3.83. The Morgan fingerprint density at radius 1 is 0.864 bits per heavy atom. The van der Waals surface area contributed by atoms with Crippen LogP contribution in [0.15, 0.2) is 57.9 Å². The summed E-state index contributed by atoms with van der Waals surface area (Å²) in [5, 5.41) is 0. The molecule has 2 N–H and O–H groups in total. The van der Waals surface area contributed by atoms with Crippen LogP contribution in [0.4, 0.5) is 11.4 Å². The number of sulfonamides is 2. The fourth-order valence-electron chi connectivity index (χ4n) is 1.70. The average Bonchev–Trinajstić information content (AvgIpc) is 2.39. The maximum atomic E-state index is 12.4. The molecule has 0 saturated heterocycles. The van der Waals surface area contributed by atoms with Crippen LogP contribution in [0.5, 0.6) is 0 Å². The van der Waals surface area contributed by atoms with Crippen molar-refractivity contribution in [3.63, 3.8) is 0 Å². The van der Waals surface area contributed by atoms with E-state index in [4.69, 9.17) is 0 Å². The molecule has 0 aromatic heterocycles. The van der Waals surface area contributed by atoms with E-state index in [1.165, 1.54) is 24.3 Å². The van der Waals surface area contributed by atoms with Crippen molar-refractivity contribution in [3.8, 4) is 0 Å². The van der Waals surface area contributed by atoms with E-state index >= 15 is 0 Å². The highest BCUT2D eigenvalue weighted by atomic mass is 79.9. The number of hydrogen-bond donors (Lipinski definition) is 2. The van der Waals surface area contributed by atoms with Crippen molar-refractivity contribution in [2.24, 2.45) is 0 Å². The van der Waals surface area contributed by atoms with E-state index in [1.54, 1.807) is 24.3 Å². The van der Waals surface area contributed by atoms with Gasteiger partial charge in [0.25, 0.3) is 10.0 Å². The quantitative estimate of drug-likeness (QED) is 0.800. The lowest BCUT2D eigenvalue weighted by molar-refractivity contribution is 0.600. The van der Waals surface area contributed by atoms with Gasteiger partial charge in [-0.3, -0.25) is 9.44 Å². The van der Waals surface area contributed by atoms with Crippen molar-refractivity contribution in [1.82, 2.24) is 0 Å². The third kappa shape index (κ3) is 4.46. The number of para-hydroxylation sites is 2. The zero-order chi connectivity index (χ0) is 16.4. The summed E-state index contributed by atoms with van der Waals surface area (Å²) in [6.45, 7) is 0. The van der Waals surface area contributed by atoms with Gasteiger partial charge in [-0.05, 0) is 30.3 Å². The number of rotatable bonds is 5. The molecule has 0 aliphatic rings. The molecule has 0 unspecified atom stereocenters. The van der Waals surface area contributed by atoms with Gasteiger partial charge in [-0.15, -0.1) is 0 Å². The van der Waals surface area contributed by atoms with Crippen molar-refractivity contribution in [2.75, 3.05) is 15.7 Å². The van der Waals surface area contributed by atoms with E-state index in [0.29, 0.717) is 4.47 Å². The average molecular weight is 405 g/mol. The Morgan fingerprint density at radius 3 is 2.00 bits per heavy atom. The normalized spacial score (nSPS) is 11.9. The molecule has 0 heterocycles. The Hall–Kier alpha value is -1.58. The van der Waals surface area contributed by atoms with Gasteiger partial charge in [-0.25, -0.2) is 16.8 Å². The molecule has 6 nitrogen and oxygen atoms in total. The summed E-state index contributed by atoms with van der Waals surface area (Å²) in [6, 6.07) is 12.4. The topological polar surface area (TPSA) is 92.3 Å². The summed E-state index contributed by atoms with van der Waals surface area (Å²) in [4.78, 5) is 0.0658. The Morgan fingerprint density at radius 2 is 1.45 bits per heavy atom. The van der Waals surface area contributed by atoms with Gasteiger partial charge in [-0.1, -0.05) is 34.1 Å². The van der Waals surface area contributed by atoms with Crippen molar-refractivity contribution in [2.45, 2.75) is 4.90 Å². The van der Waals surface area contributed by atoms with Crippen LogP contribution in [-0.4, -0.2) is 23.1 Å². The lowest BCUT2D eigenvalue weighted by Gasteiger charge is -2.13. The highest BCUT2D eigenvalue weighted by Crippen LogP contribution is 2.26. The second kappa shape index (κ2) is 6.27. The van der Waals surface area contributed by atoms with E-state index in [1.807, 2.05) is 0 Å². The monoisotopic (exact) mass is 404 g/mol. The summed E-state index contributed by atoms with van der Waals surface area (Å²) in [5.74, 6) is 0. The van der Waals surface area contributed by atoms with Gasteiger partial charge >= 0.3 is 0 Å². The first-order chi connectivity index (χ1) is 10.2. The maximum absolute atomic E-state index is 12.4. The minimum absolute atomic E-state index is 0.0658. The molecule has 0 radical (unpaired) electrons. The van der Waals surface area contributed by atoms with Crippen LogP contribution in [0.25, 0.3) is 0 Å². The third-order valence-corrected chi connectivity index (χ3v) is 5.02. The van der Waals surface area contributed by atoms with Gasteiger partial charge in [-0.2, -0.15) is 0 Å². The summed E-state index contributed by atoms with van der Waals surface area (Å²) >= 11 is 3.21. The van der Waals surface area contributed by atoms with E-state index in [-0.39, 0.29) is 16.3 Å². The molecule has 118 valence electrons. The Labute approximate surface area is 137 Å². The van der Waals surface area contributed by atoms with Crippen LogP contribution < -0.4 is 9.44 Å². The standard InChI is InChI=1S/C13H13BrN2O4S2/c1-21(17,18)15-12-7-2-3-8-13(12)16-22(19,20)11-6-4-5-10(14)9-11/h2-9,15-16H,1H3.